The molecule has 0 spiro atoms. The van der Waals surface area contributed by atoms with Crippen LogP contribution in [0.3, 0.4) is 0 Å². The maximum atomic E-state index is 11.1. The third-order valence-electron chi connectivity index (χ3n) is 2.79. The van der Waals surface area contributed by atoms with Crippen molar-refractivity contribution in [2.45, 2.75) is 0 Å². The summed E-state index contributed by atoms with van der Waals surface area (Å²) < 4.78 is 6.54. The van der Waals surface area contributed by atoms with Crippen LogP contribution in [0.15, 0.2) is 36.1 Å². The fourth-order valence-electron chi connectivity index (χ4n) is 1.82. The second kappa shape index (κ2) is 5.33. The van der Waals surface area contributed by atoms with E-state index >= 15 is 0 Å². The zero-order valence-corrected chi connectivity index (χ0v) is 11.7. The Labute approximate surface area is 123 Å². The Morgan fingerprint density at radius 2 is 2.24 bits per heavy atom. The van der Waals surface area contributed by atoms with Gasteiger partial charge in [0.05, 0.1) is 35.1 Å². The fraction of sp³-hybridized carbons (Fsp3) is 0.0769. The molecule has 0 aliphatic heterocycles. The van der Waals surface area contributed by atoms with Crippen molar-refractivity contribution < 1.29 is 14.6 Å². The van der Waals surface area contributed by atoms with Gasteiger partial charge in [-0.2, -0.15) is 5.10 Å². The molecule has 1 N–H and O–H groups in total. The van der Waals surface area contributed by atoms with Gasteiger partial charge >= 0.3 is 5.97 Å². The molecule has 0 radical (unpaired) electrons. The van der Waals surface area contributed by atoms with E-state index in [2.05, 4.69) is 15.1 Å². The first kappa shape index (κ1) is 13.3. The number of carboxylic acid groups (broad SMARTS) is 1. The lowest BCUT2D eigenvalue weighted by Crippen LogP contribution is -2.02. The first-order valence-electron chi connectivity index (χ1n) is 5.91. The average Bonchev–Trinajstić information content (AvgIpc) is 3.16. The van der Waals surface area contributed by atoms with Gasteiger partial charge in [-0.3, -0.25) is 4.98 Å². The van der Waals surface area contributed by atoms with Crippen molar-refractivity contribution >= 4 is 17.3 Å². The molecule has 0 saturated heterocycles. The van der Waals surface area contributed by atoms with Crippen LogP contribution in [-0.2, 0) is 0 Å². The summed E-state index contributed by atoms with van der Waals surface area (Å²) in [6.07, 6.45) is 3.24. The summed E-state index contributed by atoms with van der Waals surface area (Å²) >= 11 is 1.41. The summed E-state index contributed by atoms with van der Waals surface area (Å²) in [5.74, 6) is -0.607. The molecule has 0 unspecified atom stereocenters. The second-order valence-electron chi connectivity index (χ2n) is 4.06. The monoisotopic (exact) mass is 302 g/mol. The van der Waals surface area contributed by atoms with Crippen molar-refractivity contribution in [2.24, 2.45) is 0 Å². The van der Waals surface area contributed by atoms with Gasteiger partial charge in [-0.05, 0) is 6.07 Å². The standard InChI is InChI=1S/C13H10N4O3S/c1-20-12-3-2-8(5-15-12)17-10(11-6-14-7-21-11)4-9(16-17)13(18)19/h2-7H,1H3,(H,18,19). The highest BCUT2D eigenvalue weighted by Crippen LogP contribution is 2.27. The lowest BCUT2D eigenvalue weighted by molar-refractivity contribution is 0.0690. The Bertz CT molecular complexity index is 765. The molecule has 0 amide bonds. The summed E-state index contributed by atoms with van der Waals surface area (Å²) in [6, 6.07) is 4.96. The molecular formula is C13H10N4O3S. The summed E-state index contributed by atoms with van der Waals surface area (Å²) in [5.41, 5.74) is 2.95. The molecule has 0 aliphatic carbocycles. The SMILES string of the molecule is COc1ccc(-n2nc(C(=O)O)cc2-c2cncs2)cn1. The Kier molecular flexibility index (Phi) is 3.36. The number of ether oxygens (including phenoxy) is 1. The minimum absolute atomic E-state index is 0.0331. The van der Waals surface area contributed by atoms with E-state index in [1.807, 2.05) is 0 Å². The predicted octanol–water partition coefficient (Wildman–Crippen LogP) is 2.10. The highest BCUT2D eigenvalue weighted by molar-refractivity contribution is 7.13. The minimum atomic E-state index is -1.08. The lowest BCUT2D eigenvalue weighted by Gasteiger charge is -2.06. The minimum Gasteiger partial charge on any atom is -0.481 e. The molecule has 0 saturated carbocycles. The zero-order valence-electron chi connectivity index (χ0n) is 10.9. The van der Waals surface area contributed by atoms with Gasteiger partial charge < -0.3 is 9.84 Å². The quantitative estimate of drug-likeness (QED) is 0.793. The van der Waals surface area contributed by atoms with E-state index in [0.29, 0.717) is 17.3 Å². The van der Waals surface area contributed by atoms with Crippen LogP contribution in [0, 0.1) is 0 Å². The first-order chi connectivity index (χ1) is 10.2. The van der Waals surface area contributed by atoms with Crippen molar-refractivity contribution in [2.75, 3.05) is 7.11 Å². The average molecular weight is 302 g/mol. The van der Waals surface area contributed by atoms with Gasteiger partial charge in [-0.1, -0.05) is 0 Å². The number of nitrogens with zero attached hydrogens (tertiary/aromatic N) is 4. The third-order valence-corrected chi connectivity index (χ3v) is 3.58. The molecular weight excluding hydrogens is 292 g/mol. The molecule has 3 heterocycles. The smallest absolute Gasteiger partial charge is 0.356 e. The number of methoxy groups -OCH3 is 1. The van der Waals surface area contributed by atoms with Gasteiger partial charge in [0.1, 0.15) is 0 Å². The number of carbonyl (C=O) groups is 1. The van der Waals surface area contributed by atoms with Gasteiger partial charge in [-0.15, -0.1) is 11.3 Å². The molecule has 0 aromatic carbocycles. The van der Waals surface area contributed by atoms with Crippen LogP contribution in [0.2, 0.25) is 0 Å². The first-order valence-corrected chi connectivity index (χ1v) is 6.79. The zero-order chi connectivity index (χ0) is 14.8. The fourth-order valence-corrected chi connectivity index (χ4v) is 2.44. The van der Waals surface area contributed by atoms with Crippen molar-refractivity contribution in [3.63, 3.8) is 0 Å². The number of rotatable bonds is 4. The van der Waals surface area contributed by atoms with E-state index in [0.717, 1.165) is 4.88 Å². The molecule has 106 valence electrons. The molecule has 8 heteroatoms. The highest BCUT2D eigenvalue weighted by atomic mass is 32.1. The highest BCUT2D eigenvalue weighted by Gasteiger charge is 2.17. The lowest BCUT2D eigenvalue weighted by atomic mass is 10.3. The van der Waals surface area contributed by atoms with Crippen LogP contribution in [0.25, 0.3) is 16.3 Å². The van der Waals surface area contributed by atoms with E-state index in [9.17, 15) is 4.79 Å². The second-order valence-corrected chi connectivity index (χ2v) is 4.94. The number of hydrogen-bond donors (Lipinski definition) is 1. The number of aromatic carboxylic acids is 1. The normalized spacial score (nSPS) is 10.5. The molecule has 3 aromatic heterocycles. The largest absolute Gasteiger partial charge is 0.481 e. The number of hydrogen-bond acceptors (Lipinski definition) is 6. The van der Waals surface area contributed by atoms with E-state index in [1.54, 1.807) is 30.0 Å². The molecule has 0 fully saturated rings. The molecule has 0 atom stereocenters. The van der Waals surface area contributed by atoms with Crippen LogP contribution in [0.1, 0.15) is 10.5 Å². The Morgan fingerprint density at radius 1 is 1.38 bits per heavy atom. The summed E-state index contributed by atoms with van der Waals surface area (Å²) in [7, 11) is 1.53. The summed E-state index contributed by atoms with van der Waals surface area (Å²) in [5, 5.41) is 13.2. The Balaban J connectivity index is 2.13. The van der Waals surface area contributed by atoms with Crippen molar-refractivity contribution in [3.05, 3.63) is 41.8 Å². The Hall–Kier alpha value is -2.74. The van der Waals surface area contributed by atoms with Crippen LogP contribution in [0.5, 0.6) is 5.88 Å². The van der Waals surface area contributed by atoms with E-state index in [-0.39, 0.29) is 5.69 Å². The molecule has 21 heavy (non-hydrogen) atoms. The van der Waals surface area contributed by atoms with Crippen LogP contribution in [0.4, 0.5) is 0 Å². The number of thiazole rings is 1. The van der Waals surface area contributed by atoms with Crippen molar-refractivity contribution in [1.29, 1.82) is 0 Å². The maximum Gasteiger partial charge on any atom is 0.356 e. The van der Waals surface area contributed by atoms with Crippen LogP contribution >= 0.6 is 11.3 Å². The number of aromatic nitrogens is 4. The van der Waals surface area contributed by atoms with E-state index in [4.69, 9.17) is 9.84 Å². The van der Waals surface area contributed by atoms with Gasteiger partial charge in [0.15, 0.2) is 5.69 Å². The van der Waals surface area contributed by atoms with Gasteiger partial charge in [-0.25, -0.2) is 14.5 Å². The molecule has 0 bridgehead atoms. The summed E-state index contributed by atoms with van der Waals surface area (Å²) in [4.78, 5) is 20.1. The molecule has 3 rings (SSSR count). The van der Waals surface area contributed by atoms with Crippen molar-refractivity contribution in [1.82, 2.24) is 19.7 Å². The molecule has 3 aromatic rings. The van der Waals surface area contributed by atoms with Crippen molar-refractivity contribution in [3.8, 4) is 22.1 Å². The predicted molar refractivity (Wildman–Crippen MR) is 76.0 cm³/mol. The van der Waals surface area contributed by atoms with Gasteiger partial charge in [0, 0.05) is 18.3 Å². The number of carboxylic acids is 1. The molecule has 0 aliphatic rings. The van der Waals surface area contributed by atoms with Gasteiger partial charge in [0.2, 0.25) is 5.88 Å². The Morgan fingerprint density at radius 3 is 2.81 bits per heavy atom. The topological polar surface area (TPSA) is 90.1 Å². The number of pyridine rings is 1. The van der Waals surface area contributed by atoms with Gasteiger partial charge in [0.25, 0.3) is 0 Å². The van der Waals surface area contributed by atoms with E-state index < -0.39 is 5.97 Å². The molecule has 7 nitrogen and oxygen atoms in total. The van der Waals surface area contributed by atoms with Crippen LogP contribution < -0.4 is 4.74 Å². The van der Waals surface area contributed by atoms with E-state index in [1.165, 1.54) is 29.2 Å². The third kappa shape index (κ3) is 2.48. The van der Waals surface area contributed by atoms with Crippen LogP contribution in [-0.4, -0.2) is 37.9 Å². The maximum absolute atomic E-state index is 11.1. The summed E-state index contributed by atoms with van der Waals surface area (Å²) in [6.45, 7) is 0.